The fraction of sp³-hybridized carbons (Fsp3) is 0.818. The van der Waals surface area contributed by atoms with Crippen molar-refractivity contribution in [1.82, 2.24) is 5.32 Å². The second-order valence-corrected chi connectivity index (χ2v) is 3.86. The first-order chi connectivity index (χ1) is 7.96. The van der Waals surface area contributed by atoms with Crippen molar-refractivity contribution in [3.05, 3.63) is 0 Å². The molecule has 1 unspecified atom stereocenters. The minimum Gasteiger partial charge on any atom is -0.480 e. The zero-order valence-corrected chi connectivity index (χ0v) is 10.6. The van der Waals surface area contributed by atoms with Crippen LogP contribution in [0.4, 0.5) is 0 Å². The molecule has 0 bridgehead atoms. The predicted molar refractivity (Wildman–Crippen MR) is 61.8 cm³/mol. The molecule has 0 aromatic heterocycles. The van der Waals surface area contributed by atoms with Gasteiger partial charge in [-0.3, -0.25) is 9.59 Å². The number of esters is 1. The second kappa shape index (κ2) is 8.03. The highest BCUT2D eigenvalue weighted by molar-refractivity contribution is 5.78. The summed E-state index contributed by atoms with van der Waals surface area (Å²) < 4.78 is 9.61. The van der Waals surface area contributed by atoms with E-state index in [1.165, 1.54) is 7.11 Å². The summed E-state index contributed by atoms with van der Waals surface area (Å²) in [6.45, 7) is 4.24. The standard InChI is InChI=1S/C11H21NO5/c1-4-17-9(13)5-7-12-11(2,10(14)15)6-8-16-3/h12H,4-8H2,1-3H3,(H,14,15). The lowest BCUT2D eigenvalue weighted by Gasteiger charge is -2.25. The van der Waals surface area contributed by atoms with Gasteiger partial charge in [-0.2, -0.15) is 0 Å². The zero-order valence-electron chi connectivity index (χ0n) is 10.6. The minimum atomic E-state index is -1.08. The van der Waals surface area contributed by atoms with E-state index in [4.69, 9.17) is 14.6 Å². The molecule has 17 heavy (non-hydrogen) atoms. The molecule has 0 saturated heterocycles. The maximum Gasteiger partial charge on any atom is 0.323 e. The molecule has 0 aromatic rings. The van der Waals surface area contributed by atoms with Gasteiger partial charge in [0, 0.05) is 20.3 Å². The van der Waals surface area contributed by atoms with E-state index in [1.807, 2.05) is 0 Å². The lowest BCUT2D eigenvalue weighted by Crippen LogP contribution is -2.50. The van der Waals surface area contributed by atoms with Gasteiger partial charge in [-0.15, -0.1) is 0 Å². The molecule has 0 amide bonds. The maximum absolute atomic E-state index is 11.1. The van der Waals surface area contributed by atoms with Crippen LogP contribution in [0.15, 0.2) is 0 Å². The fourth-order valence-electron chi connectivity index (χ4n) is 1.25. The number of rotatable bonds is 9. The molecule has 100 valence electrons. The van der Waals surface area contributed by atoms with Gasteiger partial charge in [0.15, 0.2) is 0 Å². The lowest BCUT2D eigenvalue weighted by molar-refractivity contribution is -0.146. The van der Waals surface area contributed by atoms with Crippen LogP contribution in [-0.4, -0.2) is 49.5 Å². The van der Waals surface area contributed by atoms with E-state index in [-0.39, 0.29) is 18.9 Å². The van der Waals surface area contributed by atoms with E-state index in [2.05, 4.69) is 5.32 Å². The van der Waals surface area contributed by atoms with Crippen LogP contribution >= 0.6 is 0 Å². The molecule has 0 aliphatic heterocycles. The number of carboxylic acids is 1. The van der Waals surface area contributed by atoms with Crippen molar-refractivity contribution in [2.45, 2.75) is 32.2 Å². The van der Waals surface area contributed by atoms with Crippen molar-refractivity contribution < 1.29 is 24.2 Å². The van der Waals surface area contributed by atoms with E-state index < -0.39 is 11.5 Å². The molecule has 1 atom stereocenters. The number of aliphatic carboxylic acids is 1. The Balaban J connectivity index is 4.09. The maximum atomic E-state index is 11.1. The van der Waals surface area contributed by atoms with Crippen LogP contribution in [0.5, 0.6) is 0 Å². The molecule has 0 aliphatic rings. The van der Waals surface area contributed by atoms with E-state index >= 15 is 0 Å². The van der Waals surface area contributed by atoms with Crippen molar-refractivity contribution in [2.75, 3.05) is 26.9 Å². The minimum absolute atomic E-state index is 0.156. The number of ether oxygens (including phenoxy) is 2. The third kappa shape index (κ3) is 6.23. The van der Waals surface area contributed by atoms with Gasteiger partial charge in [-0.1, -0.05) is 0 Å². The molecular weight excluding hydrogens is 226 g/mol. The number of carbonyl (C=O) groups is 2. The Labute approximate surface area is 101 Å². The number of hydrogen-bond acceptors (Lipinski definition) is 5. The summed E-state index contributed by atoms with van der Waals surface area (Å²) in [6.07, 6.45) is 0.491. The van der Waals surface area contributed by atoms with Gasteiger partial charge in [0.25, 0.3) is 0 Å². The number of carboxylic acid groups (broad SMARTS) is 1. The molecule has 6 nitrogen and oxygen atoms in total. The average molecular weight is 247 g/mol. The largest absolute Gasteiger partial charge is 0.480 e. The molecule has 0 spiro atoms. The highest BCUT2D eigenvalue weighted by Gasteiger charge is 2.32. The SMILES string of the molecule is CCOC(=O)CCNC(C)(CCOC)C(=O)O. The predicted octanol–water partition coefficient (Wildman–Crippen LogP) is 0.409. The Morgan fingerprint density at radius 2 is 2.06 bits per heavy atom. The monoisotopic (exact) mass is 247 g/mol. The number of nitrogens with one attached hydrogen (secondary N) is 1. The van der Waals surface area contributed by atoms with Crippen molar-refractivity contribution >= 4 is 11.9 Å². The van der Waals surface area contributed by atoms with Crippen LogP contribution in [-0.2, 0) is 19.1 Å². The van der Waals surface area contributed by atoms with Crippen LogP contribution in [0.1, 0.15) is 26.7 Å². The summed E-state index contributed by atoms with van der Waals surface area (Å²) in [7, 11) is 1.51. The summed E-state index contributed by atoms with van der Waals surface area (Å²) in [5.41, 5.74) is -1.08. The fourth-order valence-corrected chi connectivity index (χ4v) is 1.25. The van der Waals surface area contributed by atoms with Gasteiger partial charge in [0.05, 0.1) is 13.0 Å². The first-order valence-corrected chi connectivity index (χ1v) is 5.59. The molecule has 0 radical (unpaired) electrons. The molecule has 0 rings (SSSR count). The van der Waals surface area contributed by atoms with E-state index in [9.17, 15) is 9.59 Å². The Bertz CT molecular complexity index is 256. The third-order valence-electron chi connectivity index (χ3n) is 2.43. The average Bonchev–Trinajstić information content (AvgIpc) is 2.26. The topological polar surface area (TPSA) is 84.9 Å². The molecule has 0 fully saturated rings. The molecular formula is C11H21NO5. The van der Waals surface area contributed by atoms with Gasteiger partial charge < -0.3 is 19.9 Å². The van der Waals surface area contributed by atoms with Gasteiger partial charge in [0.2, 0.25) is 0 Å². The van der Waals surface area contributed by atoms with Crippen LogP contribution in [0.3, 0.4) is 0 Å². The van der Waals surface area contributed by atoms with Crippen molar-refractivity contribution in [3.8, 4) is 0 Å². The Morgan fingerprint density at radius 1 is 1.41 bits per heavy atom. The molecule has 0 aliphatic carbocycles. The summed E-state index contributed by atoms with van der Waals surface area (Å²) in [4.78, 5) is 22.2. The van der Waals surface area contributed by atoms with Gasteiger partial charge in [0.1, 0.15) is 5.54 Å². The molecule has 2 N–H and O–H groups in total. The summed E-state index contributed by atoms with van der Waals surface area (Å²) in [6, 6.07) is 0. The zero-order chi connectivity index (χ0) is 13.3. The van der Waals surface area contributed by atoms with Crippen LogP contribution in [0.25, 0.3) is 0 Å². The highest BCUT2D eigenvalue weighted by atomic mass is 16.5. The Morgan fingerprint density at radius 3 is 2.53 bits per heavy atom. The molecule has 0 aromatic carbocycles. The second-order valence-electron chi connectivity index (χ2n) is 3.86. The van der Waals surface area contributed by atoms with E-state index in [1.54, 1.807) is 13.8 Å². The normalized spacial score (nSPS) is 14.1. The van der Waals surface area contributed by atoms with Gasteiger partial charge in [-0.05, 0) is 20.3 Å². The number of hydrogen-bond donors (Lipinski definition) is 2. The Kier molecular flexibility index (Phi) is 7.49. The third-order valence-corrected chi connectivity index (χ3v) is 2.43. The number of methoxy groups -OCH3 is 1. The van der Waals surface area contributed by atoms with Crippen LogP contribution < -0.4 is 5.32 Å². The van der Waals surface area contributed by atoms with Crippen LogP contribution in [0, 0.1) is 0 Å². The van der Waals surface area contributed by atoms with Gasteiger partial charge >= 0.3 is 11.9 Å². The first-order valence-electron chi connectivity index (χ1n) is 5.59. The van der Waals surface area contributed by atoms with E-state index in [0.717, 1.165) is 0 Å². The smallest absolute Gasteiger partial charge is 0.323 e. The molecule has 0 heterocycles. The summed E-state index contributed by atoms with van der Waals surface area (Å²) in [5, 5.41) is 11.9. The quantitative estimate of drug-likeness (QED) is 0.574. The van der Waals surface area contributed by atoms with Crippen LogP contribution in [0.2, 0.25) is 0 Å². The summed E-state index contributed by atoms with van der Waals surface area (Å²) >= 11 is 0. The highest BCUT2D eigenvalue weighted by Crippen LogP contribution is 2.10. The lowest BCUT2D eigenvalue weighted by atomic mass is 9.98. The number of carbonyl (C=O) groups excluding carboxylic acids is 1. The van der Waals surface area contributed by atoms with Crippen molar-refractivity contribution in [1.29, 1.82) is 0 Å². The van der Waals surface area contributed by atoms with Crippen molar-refractivity contribution in [3.63, 3.8) is 0 Å². The summed E-state index contributed by atoms with van der Waals surface area (Å²) in [5.74, 6) is -1.29. The first kappa shape index (κ1) is 15.9. The molecule has 0 saturated carbocycles. The van der Waals surface area contributed by atoms with Gasteiger partial charge in [-0.25, -0.2) is 0 Å². The van der Waals surface area contributed by atoms with Crippen molar-refractivity contribution in [2.24, 2.45) is 0 Å². The van der Waals surface area contributed by atoms with E-state index in [0.29, 0.717) is 19.6 Å². The Hall–Kier alpha value is -1.14. The molecule has 6 heteroatoms.